The molecule has 1 heterocycles. The number of alkyl halides is 3. The predicted molar refractivity (Wildman–Crippen MR) is 66.5 cm³/mol. The SMILES string of the molecule is OCc1ccc(-n2ccc(C3CC3)n2)c(C(F)(F)F)c1. The van der Waals surface area contributed by atoms with Gasteiger partial charge in [0.15, 0.2) is 0 Å². The summed E-state index contributed by atoms with van der Waals surface area (Å²) < 4.78 is 40.6. The maximum Gasteiger partial charge on any atom is 0.418 e. The van der Waals surface area contributed by atoms with E-state index in [0.29, 0.717) is 5.92 Å². The second-order valence-corrected chi connectivity index (χ2v) is 4.97. The summed E-state index contributed by atoms with van der Waals surface area (Å²) in [6.45, 7) is -0.421. The molecule has 1 aliphatic carbocycles. The molecule has 2 aromatic rings. The zero-order valence-electron chi connectivity index (χ0n) is 10.6. The topological polar surface area (TPSA) is 38.0 Å². The van der Waals surface area contributed by atoms with Crippen molar-refractivity contribution >= 4 is 0 Å². The molecule has 106 valence electrons. The maximum absolute atomic E-state index is 13.1. The van der Waals surface area contributed by atoms with Gasteiger partial charge in [-0.2, -0.15) is 18.3 Å². The molecule has 3 rings (SSSR count). The minimum absolute atomic E-state index is 0.0124. The predicted octanol–water partition coefficient (Wildman–Crippen LogP) is 3.26. The number of hydrogen-bond acceptors (Lipinski definition) is 2. The van der Waals surface area contributed by atoms with Crippen LogP contribution in [0.15, 0.2) is 30.5 Å². The summed E-state index contributed by atoms with van der Waals surface area (Å²) in [6.07, 6.45) is -0.831. The summed E-state index contributed by atoms with van der Waals surface area (Å²) in [5.74, 6) is 0.391. The molecule has 0 radical (unpaired) electrons. The number of halogens is 3. The van der Waals surface area contributed by atoms with Crippen molar-refractivity contribution in [1.29, 1.82) is 0 Å². The fourth-order valence-electron chi connectivity index (χ4n) is 2.18. The number of aromatic nitrogens is 2. The number of benzene rings is 1. The van der Waals surface area contributed by atoms with E-state index in [1.165, 1.54) is 16.8 Å². The fourth-order valence-corrected chi connectivity index (χ4v) is 2.18. The summed E-state index contributed by atoms with van der Waals surface area (Å²) in [5.41, 5.74) is 0.274. The van der Waals surface area contributed by atoms with Gasteiger partial charge < -0.3 is 5.11 Å². The average molecular weight is 282 g/mol. The van der Waals surface area contributed by atoms with Crippen LogP contribution in [0.5, 0.6) is 0 Å². The average Bonchev–Trinajstić information content (AvgIpc) is 3.15. The van der Waals surface area contributed by atoms with E-state index in [1.807, 2.05) is 0 Å². The largest absolute Gasteiger partial charge is 0.418 e. The Morgan fingerprint density at radius 3 is 2.60 bits per heavy atom. The molecule has 1 aromatic heterocycles. The van der Waals surface area contributed by atoms with Gasteiger partial charge in [0.05, 0.1) is 23.6 Å². The Balaban J connectivity index is 2.06. The summed E-state index contributed by atoms with van der Waals surface area (Å²) >= 11 is 0. The fraction of sp³-hybridized carbons (Fsp3) is 0.357. The van der Waals surface area contributed by atoms with E-state index in [2.05, 4.69) is 5.10 Å². The Morgan fingerprint density at radius 1 is 1.25 bits per heavy atom. The van der Waals surface area contributed by atoms with Crippen LogP contribution in [0.3, 0.4) is 0 Å². The zero-order valence-corrected chi connectivity index (χ0v) is 10.6. The van der Waals surface area contributed by atoms with Crippen molar-refractivity contribution < 1.29 is 18.3 Å². The quantitative estimate of drug-likeness (QED) is 0.938. The first-order valence-electron chi connectivity index (χ1n) is 6.36. The molecule has 1 aromatic carbocycles. The molecular formula is C14H13F3N2O. The van der Waals surface area contributed by atoms with Crippen molar-refractivity contribution in [2.24, 2.45) is 0 Å². The van der Waals surface area contributed by atoms with E-state index < -0.39 is 18.3 Å². The molecule has 6 heteroatoms. The highest BCUT2D eigenvalue weighted by molar-refractivity contribution is 5.45. The van der Waals surface area contributed by atoms with Crippen molar-refractivity contribution in [3.8, 4) is 5.69 Å². The third-order valence-corrected chi connectivity index (χ3v) is 3.40. The Bertz CT molecular complexity index is 630. The Labute approximate surface area is 113 Å². The lowest BCUT2D eigenvalue weighted by molar-refractivity contribution is -0.137. The van der Waals surface area contributed by atoms with E-state index in [0.717, 1.165) is 24.6 Å². The van der Waals surface area contributed by atoms with Gasteiger partial charge in [-0.1, -0.05) is 6.07 Å². The van der Waals surface area contributed by atoms with Crippen molar-refractivity contribution in [3.05, 3.63) is 47.3 Å². The number of aliphatic hydroxyl groups excluding tert-OH is 1. The van der Waals surface area contributed by atoms with Gasteiger partial charge in [0.2, 0.25) is 0 Å². The third kappa shape index (κ3) is 2.43. The maximum atomic E-state index is 13.1. The molecule has 0 atom stereocenters. The number of nitrogens with zero attached hydrogens (tertiary/aromatic N) is 2. The summed E-state index contributed by atoms with van der Waals surface area (Å²) in [6, 6.07) is 5.55. The van der Waals surface area contributed by atoms with Crippen LogP contribution < -0.4 is 0 Å². The van der Waals surface area contributed by atoms with E-state index in [9.17, 15) is 13.2 Å². The highest BCUT2D eigenvalue weighted by atomic mass is 19.4. The molecule has 1 saturated carbocycles. The normalized spacial score (nSPS) is 15.6. The van der Waals surface area contributed by atoms with Crippen molar-refractivity contribution in [3.63, 3.8) is 0 Å². The summed E-state index contributed by atoms with van der Waals surface area (Å²) in [5, 5.41) is 13.2. The molecular weight excluding hydrogens is 269 g/mol. The van der Waals surface area contributed by atoms with Crippen LogP contribution in [0, 0.1) is 0 Å². The first kappa shape index (κ1) is 13.2. The van der Waals surface area contributed by atoms with Crippen molar-refractivity contribution in [1.82, 2.24) is 9.78 Å². The molecule has 3 nitrogen and oxygen atoms in total. The van der Waals surface area contributed by atoms with Crippen LogP contribution in [-0.2, 0) is 12.8 Å². The molecule has 0 amide bonds. The molecule has 1 fully saturated rings. The molecule has 1 N–H and O–H groups in total. The monoisotopic (exact) mass is 282 g/mol. The third-order valence-electron chi connectivity index (χ3n) is 3.40. The smallest absolute Gasteiger partial charge is 0.392 e. The highest BCUT2D eigenvalue weighted by Crippen LogP contribution is 2.40. The van der Waals surface area contributed by atoms with Gasteiger partial charge in [0, 0.05) is 12.1 Å². The van der Waals surface area contributed by atoms with Crippen LogP contribution >= 0.6 is 0 Å². The lowest BCUT2D eigenvalue weighted by atomic mass is 10.1. The number of rotatable bonds is 3. The second kappa shape index (κ2) is 4.63. The molecule has 0 unspecified atom stereocenters. The van der Waals surface area contributed by atoms with Crippen molar-refractivity contribution in [2.45, 2.75) is 31.5 Å². The zero-order chi connectivity index (χ0) is 14.3. The highest BCUT2D eigenvalue weighted by Gasteiger charge is 2.35. The minimum atomic E-state index is -4.48. The second-order valence-electron chi connectivity index (χ2n) is 4.97. The standard InChI is InChI=1S/C14H13F3N2O/c15-14(16,17)11-7-9(8-20)1-4-13(11)19-6-5-12(18-19)10-2-3-10/h1,4-7,10,20H,2-3,8H2. The van der Waals surface area contributed by atoms with Crippen LogP contribution in [0.2, 0.25) is 0 Å². The molecule has 0 bridgehead atoms. The first-order valence-corrected chi connectivity index (χ1v) is 6.36. The Hall–Kier alpha value is -1.82. The summed E-state index contributed by atoms with van der Waals surface area (Å²) in [7, 11) is 0. The van der Waals surface area contributed by atoms with Crippen LogP contribution in [0.25, 0.3) is 5.69 Å². The number of aliphatic hydroxyl groups is 1. The van der Waals surface area contributed by atoms with E-state index >= 15 is 0 Å². The molecule has 0 spiro atoms. The van der Waals surface area contributed by atoms with Gasteiger partial charge in [-0.05, 0) is 36.6 Å². The lowest BCUT2D eigenvalue weighted by Crippen LogP contribution is -2.12. The molecule has 20 heavy (non-hydrogen) atoms. The van der Waals surface area contributed by atoms with Gasteiger partial charge in [-0.25, -0.2) is 4.68 Å². The van der Waals surface area contributed by atoms with Crippen LogP contribution in [0.1, 0.15) is 35.6 Å². The van der Waals surface area contributed by atoms with Crippen LogP contribution in [0.4, 0.5) is 13.2 Å². The van der Waals surface area contributed by atoms with E-state index in [-0.39, 0.29) is 11.3 Å². The van der Waals surface area contributed by atoms with Crippen LogP contribution in [-0.4, -0.2) is 14.9 Å². The molecule has 0 aliphatic heterocycles. The first-order chi connectivity index (χ1) is 9.49. The van der Waals surface area contributed by atoms with E-state index in [4.69, 9.17) is 5.11 Å². The van der Waals surface area contributed by atoms with Gasteiger partial charge in [0.25, 0.3) is 0 Å². The van der Waals surface area contributed by atoms with E-state index in [1.54, 1.807) is 12.3 Å². The minimum Gasteiger partial charge on any atom is -0.392 e. The summed E-state index contributed by atoms with van der Waals surface area (Å²) in [4.78, 5) is 0. The van der Waals surface area contributed by atoms with Gasteiger partial charge in [-0.15, -0.1) is 0 Å². The molecule has 1 aliphatic rings. The number of hydrogen-bond donors (Lipinski definition) is 1. The Kier molecular flexibility index (Phi) is 3.05. The van der Waals surface area contributed by atoms with Gasteiger partial charge in [0.1, 0.15) is 0 Å². The lowest BCUT2D eigenvalue weighted by Gasteiger charge is -2.14. The Morgan fingerprint density at radius 2 is 2.00 bits per heavy atom. The molecule has 0 saturated heterocycles. The van der Waals surface area contributed by atoms with Crippen molar-refractivity contribution in [2.75, 3.05) is 0 Å². The van der Waals surface area contributed by atoms with Gasteiger partial charge in [-0.3, -0.25) is 0 Å². The van der Waals surface area contributed by atoms with Gasteiger partial charge >= 0.3 is 6.18 Å².